The van der Waals surface area contributed by atoms with E-state index in [2.05, 4.69) is 35.2 Å². The Bertz CT molecular complexity index is 337. The highest BCUT2D eigenvalue weighted by molar-refractivity contribution is 5.14. The molecule has 0 N–H and O–H groups in total. The fraction of sp³-hybridized carbons (Fsp3) is 0.647. The van der Waals surface area contributed by atoms with Gasteiger partial charge in [0, 0.05) is 12.1 Å². The molecule has 2 aliphatic heterocycles. The van der Waals surface area contributed by atoms with E-state index in [1.54, 1.807) is 0 Å². The van der Waals surface area contributed by atoms with Crippen LogP contribution in [0.15, 0.2) is 30.3 Å². The van der Waals surface area contributed by atoms with Gasteiger partial charge in [-0.3, -0.25) is 4.90 Å². The third-order valence-corrected chi connectivity index (χ3v) is 4.81. The number of hydrogen-bond acceptors (Lipinski definition) is 1. The number of nitrogens with zero attached hydrogens (tertiary/aromatic N) is 1. The molecule has 3 rings (SSSR count). The summed E-state index contributed by atoms with van der Waals surface area (Å²) in [4.78, 5) is 2.84. The van der Waals surface area contributed by atoms with Crippen LogP contribution in [0.1, 0.15) is 50.5 Å². The van der Waals surface area contributed by atoms with Gasteiger partial charge in [-0.05, 0) is 50.6 Å². The van der Waals surface area contributed by atoms with E-state index in [9.17, 15) is 0 Å². The molecule has 1 aromatic rings. The average Bonchev–Trinajstić information content (AvgIpc) is 2.39. The Labute approximate surface area is 111 Å². The van der Waals surface area contributed by atoms with Crippen LogP contribution < -0.4 is 0 Å². The molecule has 0 unspecified atom stereocenters. The molecule has 98 valence electrons. The smallest absolute Gasteiger partial charge is 0.00982 e. The van der Waals surface area contributed by atoms with Crippen LogP contribution in [0, 0.1) is 0 Å². The van der Waals surface area contributed by atoms with Crippen LogP contribution in [0.25, 0.3) is 0 Å². The van der Waals surface area contributed by atoms with Crippen LogP contribution in [-0.4, -0.2) is 23.5 Å². The molecule has 0 atom stereocenters. The lowest BCUT2D eigenvalue weighted by Gasteiger charge is -2.46. The molecule has 0 aliphatic carbocycles. The normalized spacial score (nSPS) is 28.2. The van der Waals surface area contributed by atoms with Gasteiger partial charge >= 0.3 is 0 Å². The zero-order valence-electron chi connectivity index (χ0n) is 11.4. The Morgan fingerprint density at radius 3 is 2.11 bits per heavy atom. The van der Waals surface area contributed by atoms with Crippen molar-refractivity contribution in [3.05, 3.63) is 35.9 Å². The van der Waals surface area contributed by atoms with E-state index in [1.165, 1.54) is 63.5 Å². The fourth-order valence-corrected chi connectivity index (χ4v) is 3.90. The molecule has 0 spiro atoms. The van der Waals surface area contributed by atoms with Gasteiger partial charge in [0.05, 0.1) is 0 Å². The van der Waals surface area contributed by atoms with Gasteiger partial charge in [0.15, 0.2) is 0 Å². The van der Waals surface area contributed by atoms with Crippen LogP contribution >= 0.6 is 0 Å². The third kappa shape index (κ3) is 2.77. The summed E-state index contributed by atoms with van der Waals surface area (Å²) in [6.45, 7) is 1.32. The summed E-state index contributed by atoms with van der Waals surface area (Å²) in [5, 5.41) is 0. The van der Waals surface area contributed by atoms with Gasteiger partial charge in [0.2, 0.25) is 0 Å². The molecule has 0 radical (unpaired) electrons. The van der Waals surface area contributed by atoms with Crippen molar-refractivity contribution >= 4 is 0 Å². The molecular formula is C17H25N. The Morgan fingerprint density at radius 2 is 1.50 bits per heavy atom. The summed E-state index contributed by atoms with van der Waals surface area (Å²) in [6.07, 6.45) is 11.4. The third-order valence-electron chi connectivity index (χ3n) is 4.81. The lowest BCUT2D eigenvalue weighted by atomic mass is 9.84. The number of hydrogen-bond donors (Lipinski definition) is 0. The van der Waals surface area contributed by atoms with E-state index < -0.39 is 0 Å². The number of aryl methyl sites for hydroxylation is 1. The van der Waals surface area contributed by atoms with Crippen LogP contribution in [0.4, 0.5) is 0 Å². The highest BCUT2D eigenvalue weighted by Crippen LogP contribution is 2.33. The van der Waals surface area contributed by atoms with Crippen molar-refractivity contribution in [1.29, 1.82) is 0 Å². The zero-order valence-corrected chi connectivity index (χ0v) is 11.4. The lowest BCUT2D eigenvalue weighted by Crippen LogP contribution is -2.49. The first-order chi connectivity index (χ1) is 8.93. The predicted molar refractivity (Wildman–Crippen MR) is 76.7 cm³/mol. The van der Waals surface area contributed by atoms with E-state index >= 15 is 0 Å². The maximum atomic E-state index is 2.84. The number of piperidine rings is 2. The summed E-state index contributed by atoms with van der Waals surface area (Å²) in [5.41, 5.74) is 1.50. The summed E-state index contributed by atoms with van der Waals surface area (Å²) in [6, 6.07) is 12.8. The van der Waals surface area contributed by atoms with Gasteiger partial charge in [-0.25, -0.2) is 0 Å². The summed E-state index contributed by atoms with van der Waals surface area (Å²) in [5.74, 6) is 0. The SMILES string of the molecule is c1ccc(CCCN2C3CCCC2CCC3)cc1. The Kier molecular flexibility index (Phi) is 3.99. The van der Waals surface area contributed by atoms with Crippen LogP contribution in [-0.2, 0) is 6.42 Å². The second-order valence-electron chi connectivity index (χ2n) is 6.00. The van der Waals surface area contributed by atoms with Crippen LogP contribution in [0.3, 0.4) is 0 Å². The molecule has 18 heavy (non-hydrogen) atoms. The van der Waals surface area contributed by atoms with Gasteiger partial charge in [-0.1, -0.05) is 43.2 Å². The van der Waals surface area contributed by atoms with Crippen molar-refractivity contribution in [3.8, 4) is 0 Å². The highest BCUT2D eigenvalue weighted by Gasteiger charge is 2.32. The molecule has 0 saturated carbocycles. The average molecular weight is 243 g/mol. The first-order valence-corrected chi connectivity index (χ1v) is 7.73. The van der Waals surface area contributed by atoms with Crippen molar-refractivity contribution in [2.24, 2.45) is 0 Å². The highest BCUT2D eigenvalue weighted by atomic mass is 15.2. The molecule has 0 aromatic heterocycles. The van der Waals surface area contributed by atoms with Gasteiger partial charge < -0.3 is 0 Å². The van der Waals surface area contributed by atoms with Crippen molar-refractivity contribution in [1.82, 2.24) is 4.90 Å². The monoisotopic (exact) mass is 243 g/mol. The summed E-state index contributed by atoms with van der Waals surface area (Å²) in [7, 11) is 0. The van der Waals surface area contributed by atoms with Crippen LogP contribution in [0.5, 0.6) is 0 Å². The molecule has 2 bridgehead atoms. The standard InChI is InChI=1S/C17H25N/c1-2-7-15(8-3-1)9-6-14-18-16-10-4-11-17(18)13-5-12-16/h1-3,7-8,16-17H,4-6,9-14H2. The van der Waals surface area contributed by atoms with Gasteiger partial charge in [-0.15, -0.1) is 0 Å². The molecule has 2 fully saturated rings. The number of rotatable bonds is 4. The Morgan fingerprint density at radius 1 is 0.889 bits per heavy atom. The van der Waals surface area contributed by atoms with Crippen LogP contribution in [0.2, 0.25) is 0 Å². The first-order valence-electron chi connectivity index (χ1n) is 7.73. The van der Waals surface area contributed by atoms with E-state index in [0.717, 1.165) is 12.1 Å². The quantitative estimate of drug-likeness (QED) is 0.772. The molecule has 0 amide bonds. The van der Waals surface area contributed by atoms with Crippen molar-refractivity contribution < 1.29 is 0 Å². The Hall–Kier alpha value is -0.820. The van der Waals surface area contributed by atoms with E-state index in [1.807, 2.05) is 0 Å². The lowest BCUT2D eigenvalue weighted by molar-refractivity contribution is 0.0397. The molecule has 2 saturated heterocycles. The van der Waals surface area contributed by atoms with Gasteiger partial charge in [0.25, 0.3) is 0 Å². The summed E-state index contributed by atoms with van der Waals surface area (Å²) < 4.78 is 0. The molecule has 1 aromatic carbocycles. The molecule has 1 nitrogen and oxygen atoms in total. The van der Waals surface area contributed by atoms with E-state index in [-0.39, 0.29) is 0 Å². The molecular weight excluding hydrogens is 218 g/mol. The molecule has 2 aliphatic rings. The maximum Gasteiger partial charge on any atom is 0.00982 e. The first kappa shape index (κ1) is 12.2. The molecule has 2 heterocycles. The largest absolute Gasteiger partial charge is 0.297 e. The fourth-order valence-electron chi connectivity index (χ4n) is 3.90. The van der Waals surface area contributed by atoms with Crippen molar-refractivity contribution in [2.45, 2.75) is 63.5 Å². The second kappa shape index (κ2) is 5.88. The zero-order chi connectivity index (χ0) is 12.2. The minimum absolute atomic E-state index is 0.924. The van der Waals surface area contributed by atoms with Gasteiger partial charge in [0.1, 0.15) is 0 Å². The maximum absolute atomic E-state index is 2.84. The molecule has 1 heteroatoms. The predicted octanol–water partition coefficient (Wildman–Crippen LogP) is 4.03. The van der Waals surface area contributed by atoms with Gasteiger partial charge in [-0.2, -0.15) is 0 Å². The Balaban J connectivity index is 1.50. The topological polar surface area (TPSA) is 3.24 Å². The second-order valence-corrected chi connectivity index (χ2v) is 6.00. The van der Waals surface area contributed by atoms with E-state index in [0.29, 0.717) is 0 Å². The van der Waals surface area contributed by atoms with Crippen molar-refractivity contribution in [3.63, 3.8) is 0 Å². The number of fused-ring (bicyclic) bond motifs is 2. The van der Waals surface area contributed by atoms with E-state index in [4.69, 9.17) is 0 Å². The number of benzene rings is 1. The van der Waals surface area contributed by atoms with Crippen molar-refractivity contribution in [2.75, 3.05) is 6.54 Å². The minimum Gasteiger partial charge on any atom is -0.297 e. The minimum atomic E-state index is 0.924. The summed E-state index contributed by atoms with van der Waals surface area (Å²) >= 11 is 0.